The highest BCUT2D eigenvalue weighted by Crippen LogP contribution is 2.27. The second-order valence-electron chi connectivity index (χ2n) is 6.67. The van der Waals surface area contributed by atoms with E-state index in [1.165, 1.54) is 28.5 Å². The fourth-order valence-corrected chi connectivity index (χ4v) is 3.82. The highest BCUT2D eigenvalue weighted by Gasteiger charge is 2.19. The number of nitrogens with one attached hydrogen (secondary N) is 1. The molecular formula is C21H25NO3S. The van der Waals surface area contributed by atoms with Gasteiger partial charge in [0.1, 0.15) is 5.25 Å². The predicted octanol–water partition coefficient (Wildman–Crippen LogP) is 4.23. The lowest BCUT2D eigenvalue weighted by Crippen LogP contribution is -2.34. The molecule has 0 aromatic heterocycles. The molecule has 2 aromatic carbocycles. The summed E-state index contributed by atoms with van der Waals surface area (Å²) in [4.78, 5) is 24.5. The highest BCUT2D eigenvalue weighted by molar-refractivity contribution is 8.00. The summed E-state index contributed by atoms with van der Waals surface area (Å²) in [6.45, 7) is 7.73. The van der Waals surface area contributed by atoms with Gasteiger partial charge in [-0.2, -0.15) is 0 Å². The number of carbonyl (C=O) groups is 2. The monoisotopic (exact) mass is 371 g/mol. The Morgan fingerprint density at radius 2 is 1.69 bits per heavy atom. The molecule has 0 radical (unpaired) electrons. The van der Waals surface area contributed by atoms with Crippen molar-refractivity contribution in [3.05, 3.63) is 64.7 Å². The van der Waals surface area contributed by atoms with Gasteiger partial charge in [0.2, 0.25) is 0 Å². The maximum atomic E-state index is 12.7. The summed E-state index contributed by atoms with van der Waals surface area (Å²) in [7, 11) is 0. The van der Waals surface area contributed by atoms with Gasteiger partial charge in [0.25, 0.3) is 5.91 Å². The second kappa shape index (κ2) is 8.90. The van der Waals surface area contributed by atoms with Gasteiger partial charge < -0.3 is 10.4 Å². The Morgan fingerprint density at radius 1 is 1.08 bits per heavy atom. The minimum Gasteiger partial charge on any atom is -0.480 e. The van der Waals surface area contributed by atoms with Crippen LogP contribution < -0.4 is 5.32 Å². The molecule has 4 nitrogen and oxygen atoms in total. The number of amides is 1. The van der Waals surface area contributed by atoms with Crippen molar-refractivity contribution in [2.45, 2.75) is 50.3 Å². The van der Waals surface area contributed by atoms with E-state index in [0.29, 0.717) is 10.5 Å². The maximum Gasteiger partial charge on any atom is 0.316 e. The summed E-state index contributed by atoms with van der Waals surface area (Å²) >= 11 is 1.18. The lowest BCUT2D eigenvalue weighted by molar-refractivity contribution is -0.136. The number of carboxylic acid groups (broad SMARTS) is 1. The normalized spacial score (nSPS) is 13.1. The summed E-state index contributed by atoms with van der Waals surface area (Å²) in [5, 5.41) is 11.5. The van der Waals surface area contributed by atoms with Crippen molar-refractivity contribution in [3.63, 3.8) is 0 Å². The average Bonchev–Trinajstić information content (AvgIpc) is 2.53. The molecule has 0 fully saturated rings. The largest absolute Gasteiger partial charge is 0.480 e. The van der Waals surface area contributed by atoms with Crippen molar-refractivity contribution in [1.29, 1.82) is 0 Å². The van der Waals surface area contributed by atoms with E-state index in [4.69, 9.17) is 5.11 Å². The molecule has 0 aliphatic carbocycles. The average molecular weight is 372 g/mol. The van der Waals surface area contributed by atoms with Gasteiger partial charge in [-0.1, -0.05) is 41.5 Å². The quantitative estimate of drug-likeness (QED) is 0.715. The lowest BCUT2D eigenvalue weighted by Gasteiger charge is -2.17. The molecule has 0 saturated carbocycles. The van der Waals surface area contributed by atoms with Crippen LogP contribution in [0.4, 0.5) is 0 Å². The molecule has 0 heterocycles. The van der Waals surface area contributed by atoms with E-state index in [1.54, 1.807) is 25.1 Å². The first-order valence-corrected chi connectivity index (χ1v) is 9.50. The number of hydrogen-bond donors (Lipinski definition) is 2. The Morgan fingerprint density at radius 3 is 2.31 bits per heavy atom. The Labute approximate surface area is 159 Å². The van der Waals surface area contributed by atoms with E-state index in [1.807, 2.05) is 13.0 Å². The first-order valence-electron chi connectivity index (χ1n) is 8.62. The number of aliphatic carboxylic acids is 1. The van der Waals surface area contributed by atoms with Crippen molar-refractivity contribution in [2.24, 2.45) is 0 Å². The van der Waals surface area contributed by atoms with Crippen LogP contribution in [0.5, 0.6) is 0 Å². The summed E-state index contributed by atoms with van der Waals surface area (Å²) in [5.41, 5.74) is 4.13. The second-order valence-corrected chi connectivity index (χ2v) is 8.05. The third-order valence-electron chi connectivity index (χ3n) is 3.98. The summed E-state index contributed by atoms with van der Waals surface area (Å²) in [6.07, 6.45) is 0.745. The molecule has 138 valence electrons. The van der Waals surface area contributed by atoms with Gasteiger partial charge in [0.05, 0.1) is 5.56 Å². The predicted molar refractivity (Wildman–Crippen MR) is 106 cm³/mol. The third kappa shape index (κ3) is 5.63. The molecule has 0 aliphatic heterocycles. The molecule has 2 rings (SSSR count). The van der Waals surface area contributed by atoms with E-state index in [9.17, 15) is 9.59 Å². The minimum atomic E-state index is -0.895. The van der Waals surface area contributed by atoms with E-state index in [-0.39, 0.29) is 11.9 Å². The highest BCUT2D eigenvalue weighted by atomic mass is 32.2. The molecule has 0 bridgehead atoms. The van der Waals surface area contributed by atoms with Gasteiger partial charge in [-0.3, -0.25) is 9.59 Å². The van der Waals surface area contributed by atoms with E-state index < -0.39 is 11.2 Å². The molecule has 26 heavy (non-hydrogen) atoms. The molecule has 0 saturated heterocycles. The molecule has 5 heteroatoms. The van der Waals surface area contributed by atoms with Gasteiger partial charge in [0.15, 0.2) is 0 Å². The van der Waals surface area contributed by atoms with Crippen LogP contribution in [0.15, 0.2) is 47.4 Å². The lowest BCUT2D eigenvalue weighted by atomic mass is 10.0. The Bertz CT molecular complexity index is 783. The first-order chi connectivity index (χ1) is 12.3. The van der Waals surface area contributed by atoms with Crippen molar-refractivity contribution < 1.29 is 14.7 Å². The fraction of sp³-hybridized carbons (Fsp3) is 0.333. The van der Waals surface area contributed by atoms with Crippen LogP contribution in [0, 0.1) is 13.8 Å². The van der Waals surface area contributed by atoms with Crippen LogP contribution >= 0.6 is 11.8 Å². The molecule has 2 N–H and O–H groups in total. The van der Waals surface area contributed by atoms with Crippen LogP contribution in [0.1, 0.15) is 40.9 Å². The standard InChI is InChI=1S/C21H25NO3S/c1-13-9-14(2)11-17(10-13)12-15(3)22-20(23)18-7-5-6-8-19(18)26-16(4)21(24)25/h5-11,15-16H,12H2,1-4H3,(H,22,23)(H,24,25). The summed E-state index contributed by atoms with van der Waals surface area (Å²) in [6, 6.07) is 13.5. The number of benzene rings is 2. The number of carbonyl (C=O) groups excluding carboxylic acids is 1. The Balaban J connectivity index is 2.08. The molecule has 0 spiro atoms. The zero-order valence-electron chi connectivity index (χ0n) is 15.6. The molecular weight excluding hydrogens is 346 g/mol. The summed E-state index contributed by atoms with van der Waals surface area (Å²) < 4.78 is 0. The Hall–Kier alpha value is -2.27. The smallest absolute Gasteiger partial charge is 0.316 e. The van der Waals surface area contributed by atoms with Gasteiger partial charge in [-0.25, -0.2) is 0 Å². The molecule has 2 atom stereocenters. The van der Waals surface area contributed by atoms with Crippen LogP contribution in [0.2, 0.25) is 0 Å². The molecule has 2 aromatic rings. The van der Waals surface area contributed by atoms with Gasteiger partial charge in [-0.05, 0) is 51.8 Å². The van der Waals surface area contributed by atoms with Crippen molar-refractivity contribution in [1.82, 2.24) is 5.32 Å². The number of thioether (sulfide) groups is 1. The van der Waals surface area contributed by atoms with Gasteiger partial charge in [0, 0.05) is 10.9 Å². The van der Waals surface area contributed by atoms with E-state index >= 15 is 0 Å². The van der Waals surface area contributed by atoms with Crippen LogP contribution in [-0.4, -0.2) is 28.3 Å². The third-order valence-corrected chi connectivity index (χ3v) is 5.15. The van der Waals surface area contributed by atoms with Crippen molar-refractivity contribution in [2.75, 3.05) is 0 Å². The zero-order chi connectivity index (χ0) is 19.3. The number of carboxylic acids is 1. The molecule has 0 aliphatic rings. The number of rotatable bonds is 7. The van der Waals surface area contributed by atoms with E-state index in [0.717, 1.165) is 6.42 Å². The van der Waals surface area contributed by atoms with Crippen molar-refractivity contribution >= 4 is 23.6 Å². The Kier molecular flexibility index (Phi) is 6.86. The minimum absolute atomic E-state index is 0.0290. The molecule has 1 amide bonds. The van der Waals surface area contributed by atoms with Crippen molar-refractivity contribution in [3.8, 4) is 0 Å². The number of aryl methyl sites for hydroxylation is 2. The SMILES string of the molecule is Cc1cc(C)cc(CC(C)NC(=O)c2ccccc2SC(C)C(=O)O)c1. The summed E-state index contributed by atoms with van der Waals surface area (Å²) in [5.74, 6) is -1.07. The van der Waals surface area contributed by atoms with Crippen LogP contribution in [-0.2, 0) is 11.2 Å². The van der Waals surface area contributed by atoms with Crippen LogP contribution in [0.25, 0.3) is 0 Å². The van der Waals surface area contributed by atoms with Gasteiger partial charge >= 0.3 is 5.97 Å². The fourth-order valence-electron chi connectivity index (χ4n) is 2.89. The topological polar surface area (TPSA) is 66.4 Å². The first kappa shape index (κ1) is 20.0. The van der Waals surface area contributed by atoms with Crippen LogP contribution in [0.3, 0.4) is 0 Å². The molecule has 2 unspecified atom stereocenters. The maximum absolute atomic E-state index is 12.7. The zero-order valence-corrected chi connectivity index (χ0v) is 16.4. The number of hydrogen-bond acceptors (Lipinski definition) is 3. The van der Waals surface area contributed by atoms with Gasteiger partial charge in [-0.15, -0.1) is 11.8 Å². The van der Waals surface area contributed by atoms with E-state index in [2.05, 4.69) is 37.4 Å².